The van der Waals surface area contributed by atoms with Crippen LogP contribution in [-0.4, -0.2) is 35.8 Å². The molecular formula is C19H18Cl2N2O4S. The smallest absolute Gasteiger partial charge is 0.341 e. The fraction of sp³-hybridized carbons (Fsp3) is 0.316. The van der Waals surface area contributed by atoms with E-state index in [4.69, 9.17) is 27.9 Å². The molecule has 1 aliphatic heterocycles. The first kappa shape index (κ1) is 20.6. The summed E-state index contributed by atoms with van der Waals surface area (Å²) in [6, 6.07) is 4.53. The summed E-state index contributed by atoms with van der Waals surface area (Å²) < 4.78 is 5.19. The van der Waals surface area contributed by atoms with E-state index < -0.39 is 11.9 Å². The minimum atomic E-state index is -0.490. The molecule has 2 amide bonds. The third-order valence-corrected chi connectivity index (χ3v) is 5.90. The normalized spacial score (nSPS) is 13.1. The van der Waals surface area contributed by atoms with Crippen molar-refractivity contribution >= 4 is 57.3 Å². The number of halogens is 2. The molecule has 0 saturated heterocycles. The molecule has 0 atom stereocenters. The number of thiophene rings is 1. The maximum absolute atomic E-state index is 12.7. The van der Waals surface area contributed by atoms with Gasteiger partial charge in [0.1, 0.15) is 5.00 Å². The maximum Gasteiger partial charge on any atom is 0.341 e. The summed E-state index contributed by atoms with van der Waals surface area (Å²) >= 11 is 13.2. The first-order chi connectivity index (χ1) is 13.3. The summed E-state index contributed by atoms with van der Waals surface area (Å²) in [5.74, 6) is -0.955. The first-order valence-corrected chi connectivity index (χ1v) is 10.2. The van der Waals surface area contributed by atoms with Crippen LogP contribution in [0.1, 0.15) is 45.0 Å². The van der Waals surface area contributed by atoms with Crippen LogP contribution in [0.3, 0.4) is 0 Å². The monoisotopic (exact) mass is 440 g/mol. The molecule has 148 valence electrons. The van der Waals surface area contributed by atoms with Crippen molar-refractivity contribution in [1.82, 2.24) is 4.90 Å². The van der Waals surface area contributed by atoms with E-state index in [2.05, 4.69) is 5.32 Å². The highest BCUT2D eigenvalue weighted by atomic mass is 35.5. The quantitative estimate of drug-likeness (QED) is 0.715. The minimum absolute atomic E-state index is 0.0316. The Morgan fingerprint density at radius 2 is 1.89 bits per heavy atom. The Balaban J connectivity index is 1.96. The number of amides is 2. The van der Waals surface area contributed by atoms with Gasteiger partial charge in [-0.05, 0) is 37.1 Å². The number of benzene rings is 1. The molecule has 0 aliphatic carbocycles. The Labute approximate surface area is 176 Å². The Bertz CT molecular complexity index is 937. The van der Waals surface area contributed by atoms with Gasteiger partial charge in [-0.25, -0.2) is 4.79 Å². The molecule has 9 heteroatoms. The summed E-state index contributed by atoms with van der Waals surface area (Å²) in [6.07, 6.45) is 0.526. The molecule has 1 N–H and O–H groups in total. The van der Waals surface area contributed by atoms with Gasteiger partial charge in [-0.2, -0.15) is 0 Å². The average Bonchev–Trinajstić information content (AvgIpc) is 2.97. The number of fused-ring (bicyclic) bond motifs is 1. The van der Waals surface area contributed by atoms with Crippen molar-refractivity contribution < 1.29 is 19.1 Å². The van der Waals surface area contributed by atoms with Gasteiger partial charge in [0, 0.05) is 34.0 Å². The summed E-state index contributed by atoms with van der Waals surface area (Å²) in [7, 11) is 0. The number of hydrogen-bond acceptors (Lipinski definition) is 5. The zero-order valence-corrected chi connectivity index (χ0v) is 17.6. The molecule has 0 spiro atoms. The molecule has 0 bridgehead atoms. The lowest BCUT2D eigenvalue weighted by molar-refractivity contribution is -0.129. The van der Waals surface area contributed by atoms with Gasteiger partial charge in [-0.1, -0.05) is 23.2 Å². The van der Waals surface area contributed by atoms with E-state index in [9.17, 15) is 14.4 Å². The lowest BCUT2D eigenvalue weighted by Gasteiger charge is -2.25. The second-order valence-corrected chi connectivity index (χ2v) is 8.21. The number of carbonyl (C=O) groups excluding carboxylic acids is 3. The van der Waals surface area contributed by atoms with E-state index in [0.29, 0.717) is 40.1 Å². The molecule has 0 unspecified atom stereocenters. The molecular weight excluding hydrogens is 423 g/mol. The first-order valence-electron chi connectivity index (χ1n) is 8.64. The van der Waals surface area contributed by atoms with E-state index in [1.54, 1.807) is 11.8 Å². The average molecular weight is 441 g/mol. The number of esters is 1. The van der Waals surface area contributed by atoms with Crippen LogP contribution in [0, 0.1) is 0 Å². The van der Waals surface area contributed by atoms with Gasteiger partial charge in [-0.15, -0.1) is 11.3 Å². The summed E-state index contributed by atoms with van der Waals surface area (Å²) in [4.78, 5) is 39.5. The Morgan fingerprint density at radius 3 is 2.50 bits per heavy atom. The molecule has 1 aliphatic rings. The number of anilines is 1. The van der Waals surface area contributed by atoms with E-state index in [-0.39, 0.29) is 18.1 Å². The molecule has 1 aromatic heterocycles. The molecule has 3 rings (SSSR count). The second kappa shape index (κ2) is 8.51. The minimum Gasteiger partial charge on any atom is -0.462 e. The standard InChI is InChI=1S/C19H18Cl2N2O4S/c1-3-27-19(26)16-14-4-5-23(10(2)24)9-15(14)28-18(16)22-17(25)11-6-12(20)8-13(21)7-11/h6-8H,3-5,9H2,1-2H3,(H,22,25). The van der Waals surface area contributed by atoms with Crippen LogP contribution in [0.2, 0.25) is 10.0 Å². The second-order valence-electron chi connectivity index (χ2n) is 6.23. The number of nitrogens with one attached hydrogen (secondary N) is 1. The maximum atomic E-state index is 12.7. The fourth-order valence-corrected chi connectivity index (χ4v) is 4.81. The number of hydrogen-bond donors (Lipinski definition) is 1. The topological polar surface area (TPSA) is 75.7 Å². The van der Waals surface area contributed by atoms with Crippen molar-refractivity contribution in [2.24, 2.45) is 0 Å². The highest BCUT2D eigenvalue weighted by Crippen LogP contribution is 2.38. The molecule has 1 aromatic carbocycles. The Kier molecular flexibility index (Phi) is 6.27. The van der Waals surface area contributed by atoms with Crippen molar-refractivity contribution in [1.29, 1.82) is 0 Å². The van der Waals surface area contributed by atoms with Gasteiger partial charge in [0.05, 0.1) is 18.7 Å². The van der Waals surface area contributed by atoms with Gasteiger partial charge >= 0.3 is 5.97 Å². The predicted molar refractivity (Wildman–Crippen MR) is 109 cm³/mol. The number of nitrogens with zero attached hydrogens (tertiary/aromatic N) is 1. The fourth-order valence-electron chi connectivity index (χ4n) is 3.04. The third kappa shape index (κ3) is 4.32. The molecule has 0 fully saturated rings. The highest BCUT2D eigenvalue weighted by Gasteiger charge is 2.30. The van der Waals surface area contributed by atoms with Crippen LogP contribution in [0.4, 0.5) is 5.00 Å². The van der Waals surface area contributed by atoms with Crippen LogP contribution >= 0.6 is 34.5 Å². The lowest BCUT2D eigenvalue weighted by Crippen LogP contribution is -2.34. The summed E-state index contributed by atoms with van der Waals surface area (Å²) in [5, 5.41) is 3.86. The van der Waals surface area contributed by atoms with Crippen molar-refractivity contribution in [2.45, 2.75) is 26.8 Å². The zero-order valence-electron chi connectivity index (χ0n) is 15.3. The van der Waals surface area contributed by atoms with Crippen LogP contribution in [0.15, 0.2) is 18.2 Å². The number of ether oxygens (including phenoxy) is 1. The van der Waals surface area contributed by atoms with Gasteiger partial charge in [-0.3, -0.25) is 9.59 Å². The molecule has 2 heterocycles. The van der Waals surface area contributed by atoms with E-state index >= 15 is 0 Å². The molecule has 0 saturated carbocycles. The van der Waals surface area contributed by atoms with Crippen molar-refractivity contribution in [3.05, 3.63) is 49.8 Å². The third-order valence-electron chi connectivity index (χ3n) is 4.33. The zero-order chi connectivity index (χ0) is 20.4. The van der Waals surface area contributed by atoms with Crippen LogP contribution in [0.5, 0.6) is 0 Å². The van der Waals surface area contributed by atoms with Gasteiger partial charge in [0.2, 0.25) is 5.91 Å². The Hall–Kier alpha value is -2.09. The van der Waals surface area contributed by atoms with Crippen LogP contribution in [-0.2, 0) is 22.5 Å². The van der Waals surface area contributed by atoms with E-state index in [1.165, 1.54) is 36.5 Å². The summed E-state index contributed by atoms with van der Waals surface area (Å²) in [6.45, 7) is 4.38. The molecule has 2 aromatic rings. The molecule has 6 nitrogen and oxygen atoms in total. The van der Waals surface area contributed by atoms with E-state index in [0.717, 1.165) is 10.4 Å². The molecule has 0 radical (unpaired) electrons. The number of carbonyl (C=O) groups is 3. The van der Waals surface area contributed by atoms with Crippen molar-refractivity contribution in [3.63, 3.8) is 0 Å². The van der Waals surface area contributed by atoms with E-state index in [1.807, 2.05) is 0 Å². The largest absolute Gasteiger partial charge is 0.462 e. The van der Waals surface area contributed by atoms with Crippen LogP contribution in [0.25, 0.3) is 0 Å². The van der Waals surface area contributed by atoms with Crippen molar-refractivity contribution in [3.8, 4) is 0 Å². The predicted octanol–water partition coefficient (Wildman–Crippen LogP) is 4.39. The van der Waals surface area contributed by atoms with Crippen molar-refractivity contribution in [2.75, 3.05) is 18.5 Å². The molecule has 28 heavy (non-hydrogen) atoms. The number of rotatable bonds is 4. The van der Waals surface area contributed by atoms with Gasteiger partial charge < -0.3 is 15.0 Å². The van der Waals surface area contributed by atoms with Gasteiger partial charge in [0.25, 0.3) is 5.91 Å². The highest BCUT2D eigenvalue weighted by molar-refractivity contribution is 7.17. The van der Waals surface area contributed by atoms with Gasteiger partial charge in [0.15, 0.2) is 0 Å². The summed E-state index contributed by atoms with van der Waals surface area (Å²) in [5.41, 5.74) is 1.45. The lowest BCUT2D eigenvalue weighted by atomic mass is 10.0. The SMILES string of the molecule is CCOC(=O)c1c(NC(=O)c2cc(Cl)cc(Cl)c2)sc2c1CCN(C(C)=O)C2. The van der Waals surface area contributed by atoms with Crippen LogP contribution < -0.4 is 5.32 Å². The Morgan fingerprint density at radius 1 is 1.21 bits per heavy atom.